The Morgan fingerprint density at radius 2 is 1.95 bits per heavy atom. The number of nitrogens with zero attached hydrogens (tertiary/aromatic N) is 1. The highest BCUT2D eigenvalue weighted by Gasteiger charge is 2.16. The van der Waals surface area contributed by atoms with Crippen molar-refractivity contribution in [3.8, 4) is 0 Å². The van der Waals surface area contributed by atoms with Crippen LogP contribution in [0.3, 0.4) is 0 Å². The summed E-state index contributed by atoms with van der Waals surface area (Å²) in [7, 11) is 0. The summed E-state index contributed by atoms with van der Waals surface area (Å²) in [6, 6.07) is 7.61. The minimum Gasteiger partial charge on any atom is -0.352 e. The van der Waals surface area contributed by atoms with Gasteiger partial charge in [0.25, 0.3) is 5.91 Å². The topological polar surface area (TPSA) is 42.0 Å². The summed E-state index contributed by atoms with van der Waals surface area (Å²) in [5.41, 5.74) is 0.599. The lowest BCUT2D eigenvalue weighted by atomic mass is 10.0. The Morgan fingerprint density at radius 3 is 2.71 bits per heavy atom. The molecule has 1 saturated carbocycles. The number of aromatic nitrogens is 1. The van der Waals surface area contributed by atoms with Gasteiger partial charge in [-0.2, -0.15) is 0 Å². The van der Waals surface area contributed by atoms with Crippen LogP contribution in [-0.2, 0) is 0 Å². The zero-order valence-electron chi connectivity index (χ0n) is 11.9. The molecule has 2 aromatic rings. The molecule has 1 aromatic heterocycles. The molecule has 0 radical (unpaired) electrons. The van der Waals surface area contributed by atoms with Crippen molar-refractivity contribution < 1.29 is 4.79 Å². The average molecular weight is 303 g/mol. The maximum absolute atomic E-state index is 12.3. The largest absolute Gasteiger partial charge is 0.352 e. The van der Waals surface area contributed by atoms with Crippen LogP contribution >= 0.6 is 11.6 Å². The molecule has 0 aliphatic heterocycles. The standard InChI is InChI=1S/C17H19ClN2O/c18-16-14-8-4-3-7-13(14)15(11-20-16)17(21)19-10-9-12-5-1-2-6-12/h3-4,7-8,11-12H,1-2,5-6,9-10H2,(H,19,21). The lowest BCUT2D eigenvalue weighted by molar-refractivity contribution is 0.0953. The quantitative estimate of drug-likeness (QED) is 0.860. The summed E-state index contributed by atoms with van der Waals surface area (Å²) < 4.78 is 0. The number of fused-ring (bicyclic) bond motifs is 1. The van der Waals surface area contributed by atoms with Gasteiger partial charge >= 0.3 is 0 Å². The second-order valence-electron chi connectivity index (χ2n) is 5.70. The van der Waals surface area contributed by atoms with Crippen molar-refractivity contribution in [2.45, 2.75) is 32.1 Å². The molecule has 0 atom stereocenters. The summed E-state index contributed by atoms with van der Waals surface area (Å²) in [6.45, 7) is 0.737. The first-order chi connectivity index (χ1) is 10.3. The van der Waals surface area contributed by atoms with Crippen molar-refractivity contribution in [1.29, 1.82) is 0 Å². The predicted octanol–water partition coefficient (Wildman–Crippen LogP) is 4.20. The summed E-state index contributed by atoms with van der Waals surface area (Å²) in [4.78, 5) is 16.5. The second kappa shape index (κ2) is 6.44. The number of pyridine rings is 1. The molecule has 110 valence electrons. The fourth-order valence-corrected chi connectivity index (χ4v) is 3.34. The van der Waals surface area contributed by atoms with Crippen LogP contribution in [0.2, 0.25) is 5.15 Å². The molecule has 1 N–H and O–H groups in total. The summed E-state index contributed by atoms with van der Waals surface area (Å²) in [5, 5.41) is 5.13. The van der Waals surface area contributed by atoms with Crippen LogP contribution in [0, 0.1) is 5.92 Å². The summed E-state index contributed by atoms with van der Waals surface area (Å²) in [5.74, 6) is 0.721. The van der Waals surface area contributed by atoms with E-state index >= 15 is 0 Å². The van der Waals surface area contributed by atoms with E-state index in [9.17, 15) is 4.79 Å². The van der Waals surface area contributed by atoms with Crippen LogP contribution in [0.5, 0.6) is 0 Å². The molecule has 1 fully saturated rings. The molecule has 1 aliphatic carbocycles. The summed E-state index contributed by atoms with van der Waals surface area (Å²) in [6.07, 6.45) is 7.93. The van der Waals surface area contributed by atoms with Gasteiger partial charge in [0, 0.05) is 18.1 Å². The van der Waals surface area contributed by atoms with Gasteiger partial charge in [0.05, 0.1) is 5.56 Å². The van der Waals surface area contributed by atoms with E-state index in [4.69, 9.17) is 11.6 Å². The van der Waals surface area contributed by atoms with Crippen molar-refractivity contribution in [1.82, 2.24) is 10.3 Å². The second-order valence-corrected chi connectivity index (χ2v) is 6.06. The maximum Gasteiger partial charge on any atom is 0.253 e. The van der Waals surface area contributed by atoms with Crippen molar-refractivity contribution >= 4 is 28.3 Å². The van der Waals surface area contributed by atoms with Crippen LogP contribution in [0.15, 0.2) is 30.5 Å². The van der Waals surface area contributed by atoms with E-state index < -0.39 is 0 Å². The van der Waals surface area contributed by atoms with E-state index in [1.165, 1.54) is 25.7 Å². The van der Waals surface area contributed by atoms with Gasteiger partial charge in [0.2, 0.25) is 0 Å². The first-order valence-electron chi connectivity index (χ1n) is 7.57. The SMILES string of the molecule is O=C(NCCC1CCCC1)c1cnc(Cl)c2ccccc12. The molecule has 0 spiro atoms. The van der Waals surface area contributed by atoms with Crippen LogP contribution < -0.4 is 5.32 Å². The Balaban J connectivity index is 1.71. The molecule has 0 saturated heterocycles. The van der Waals surface area contributed by atoms with E-state index in [2.05, 4.69) is 10.3 Å². The Labute approximate surface area is 129 Å². The lowest BCUT2D eigenvalue weighted by Gasteiger charge is -2.11. The van der Waals surface area contributed by atoms with Crippen molar-refractivity contribution in [3.63, 3.8) is 0 Å². The number of halogens is 1. The van der Waals surface area contributed by atoms with Crippen LogP contribution in [-0.4, -0.2) is 17.4 Å². The number of benzene rings is 1. The van der Waals surface area contributed by atoms with E-state index in [0.29, 0.717) is 10.7 Å². The molecular formula is C17H19ClN2O. The lowest BCUT2D eigenvalue weighted by Crippen LogP contribution is -2.26. The Morgan fingerprint density at radius 1 is 1.24 bits per heavy atom. The predicted molar refractivity (Wildman–Crippen MR) is 85.7 cm³/mol. The molecule has 4 heteroatoms. The van der Waals surface area contributed by atoms with E-state index in [1.54, 1.807) is 6.20 Å². The fourth-order valence-electron chi connectivity index (χ4n) is 3.12. The van der Waals surface area contributed by atoms with Gasteiger partial charge in [0.1, 0.15) is 5.15 Å². The third-order valence-electron chi connectivity index (χ3n) is 4.30. The Kier molecular flexibility index (Phi) is 4.39. The molecular weight excluding hydrogens is 284 g/mol. The van der Waals surface area contributed by atoms with Gasteiger partial charge < -0.3 is 5.32 Å². The normalized spacial score (nSPS) is 15.5. The number of carbonyl (C=O) groups is 1. The van der Waals surface area contributed by atoms with Crippen LogP contribution in [0.4, 0.5) is 0 Å². The van der Waals surface area contributed by atoms with E-state index in [1.807, 2.05) is 24.3 Å². The van der Waals surface area contributed by atoms with E-state index in [-0.39, 0.29) is 5.91 Å². The van der Waals surface area contributed by atoms with Gasteiger partial charge in [-0.1, -0.05) is 61.5 Å². The van der Waals surface area contributed by atoms with Crippen LogP contribution in [0.1, 0.15) is 42.5 Å². The maximum atomic E-state index is 12.3. The molecule has 1 aromatic carbocycles. The Bertz CT molecular complexity index is 650. The van der Waals surface area contributed by atoms with Gasteiger partial charge in [-0.25, -0.2) is 4.98 Å². The number of hydrogen-bond acceptors (Lipinski definition) is 2. The molecule has 0 bridgehead atoms. The van der Waals surface area contributed by atoms with Gasteiger partial charge in [-0.05, 0) is 17.7 Å². The third kappa shape index (κ3) is 3.18. The number of nitrogens with one attached hydrogen (secondary N) is 1. The molecule has 1 aliphatic rings. The molecule has 1 amide bonds. The zero-order valence-corrected chi connectivity index (χ0v) is 12.7. The first kappa shape index (κ1) is 14.3. The third-order valence-corrected chi connectivity index (χ3v) is 4.61. The van der Waals surface area contributed by atoms with Crippen LogP contribution in [0.25, 0.3) is 10.8 Å². The molecule has 21 heavy (non-hydrogen) atoms. The number of amides is 1. The minimum atomic E-state index is -0.0617. The fraction of sp³-hybridized carbons (Fsp3) is 0.412. The average Bonchev–Trinajstić information content (AvgIpc) is 3.01. The number of rotatable bonds is 4. The van der Waals surface area contributed by atoms with Crippen molar-refractivity contribution in [2.75, 3.05) is 6.54 Å². The number of carbonyl (C=O) groups excluding carboxylic acids is 1. The highest BCUT2D eigenvalue weighted by Crippen LogP contribution is 2.27. The van der Waals surface area contributed by atoms with Gasteiger partial charge in [-0.15, -0.1) is 0 Å². The Hall–Kier alpha value is -1.61. The smallest absolute Gasteiger partial charge is 0.253 e. The minimum absolute atomic E-state index is 0.0617. The highest BCUT2D eigenvalue weighted by molar-refractivity contribution is 6.34. The van der Waals surface area contributed by atoms with Crippen molar-refractivity contribution in [2.24, 2.45) is 5.92 Å². The molecule has 0 unspecified atom stereocenters. The molecule has 3 nitrogen and oxygen atoms in total. The zero-order chi connectivity index (χ0) is 14.7. The molecule has 3 rings (SSSR count). The monoisotopic (exact) mass is 302 g/mol. The van der Waals surface area contributed by atoms with Gasteiger partial charge in [-0.3, -0.25) is 4.79 Å². The van der Waals surface area contributed by atoms with Crippen molar-refractivity contribution in [3.05, 3.63) is 41.2 Å². The summed E-state index contributed by atoms with van der Waals surface area (Å²) >= 11 is 6.08. The van der Waals surface area contributed by atoms with Gasteiger partial charge in [0.15, 0.2) is 0 Å². The van der Waals surface area contributed by atoms with E-state index in [0.717, 1.165) is 29.7 Å². The molecule has 1 heterocycles. The number of hydrogen-bond donors (Lipinski definition) is 1. The first-order valence-corrected chi connectivity index (χ1v) is 7.95. The highest BCUT2D eigenvalue weighted by atomic mass is 35.5.